The Morgan fingerprint density at radius 2 is 1.88 bits per heavy atom. The molecular weight excluding hydrogens is 346 g/mol. The van der Waals surface area contributed by atoms with Gasteiger partial charge in [-0.1, -0.05) is 54.1 Å². The molecule has 130 valence electrons. The average Bonchev–Trinajstić information content (AvgIpc) is 2.65. The first-order valence-corrected chi connectivity index (χ1v) is 8.89. The summed E-state index contributed by atoms with van der Waals surface area (Å²) >= 11 is 6.02. The highest BCUT2D eigenvalue weighted by atomic mass is 35.5. The lowest BCUT2D eigenvalue weighted by molar-refractivity contribution is 0.562. The van der Waals surface area contributed by atoms with E-state index in [1.807, 2.05) is 12.1 Å². The molecule has 3 aromatic carbocycles. The Balaban J connectivity index is 1.60. The van der Waals surface area contributed by atoms with Gasteiger partial charge in [-0.3, -0.25) is 4.79 Å². The van der Waals surface area contributed by atoms with E-state index in [1.54, 1.807) is 18.2 Å². The zero-order chi connectivity index (χ0) is 18.1. The Morgan fingerprint density at radius 1 is 1.08 bits per heavy atom. The van der Waals surface area contributed by atoms with Gasteiger partial charge >= 0.3 is 0 Å². The molecular formula is C21H18ClN3O. The second-order valence-corrected chi connectivity index (χ2v) is 6.78. The van der Waals surface area contributed by atoms with Crippen LogP contribution in [0.3, 0.4) is 0 Å². The van der Waals surface area contributed by atoms with Crippen molar-refractivity contribution in [2.75, 3.05) is 0 Å². The number of benzene rings is 3. The van der Waals surface area contributed by atoms with E-state index in [0.29, 0.717) is 28.3 Å². The molecule has 0 aliphatic rings. The highest BCUT2D eigenvalue weighted by Crippen LogP contribution is 2.24. The lowest BCUT2D eigenvalue weighted by atomic mass is 10.00. The van der Waals surface area contributed by atoms with E-state index < -0.39 is 0 Å². The van der Waals surface area contributed by atoms with Crippen LogP contribution < -0.4 is 10.9 Å². The molecule has 0 saturated heterocycles. The zero-order valence-corrected chi connectivity index (χ0v) is 15.0. The standard InChI is InChI=1S/C21H18ClN3O/c1-13(16-8-4-6-14-5-2-3-7-17(14)16)23-12-20-24-19-11-15(22)9-10-18(19)21(26)25-20/h2-11,13,23H,12H2,1H3,(H,24,25,26)/t13-/m0/s1. The number of nitrogens with zero attached hydrogens (tertiary/aromatic N) is 1. The van der Waals surface area contributed by atoms with Crippen LogP contribution in [0.4, 0.5) is 0 Å². The van der Waals surface area contributed by atoms with Crippen molar-refractivity contribution >= 4 is 33.3 Å². The Labute approximate surface area is 155 Å². The summed E-state index contributed by atoms with van der Waals surface area (Å²) in [5, 5.41) is 7.00. The van der Waals surface area contributed by atoms with Crippen LogP contribution in [0.5, 0.6) is 0 Å². The fourth-order valence-corrected chi connectivity index (χ4v) is 3.40. The Bertz CT molecular complexity index is 1150. The Kier molecular flexibility index (Phi) is 4.45. The molecule has 1 atom stereocenters. The highest BCUT2D eigenvalue weighted by molar-refractivity contribution is 6.31. The molecule has 4 aromatic rings. The first kappa shape index (κ1) is 16.8. The second kappa shape index (κ2) is 6.90. The van der Waals surface area contributed by atoms with Crippen molar-refractivity contribution in [3.63, 3.8) is 0 Å². The summed E-state index contributed by atoms with van der Waals surface area (Å²) in [5.74, 6) is 0.594. The van der Waals surface area contributed by atoms with Crippen molar-refractivity contribution < 1.29 is 0 Å². The third kappa shape index (κ3) is 3.21. The summed E-state index contributed by atoms with van der Waals surface area (Å²) in [5.41, 5.74) is 1.67. The molecule has 0 bridgehead atoms. The van der Waals surface area contributed by atoms with Gasteiger partial charge in [-0.05, 0) is 41.5 Å². The summed E-state index contributed by atoms with van der Waals surface area (Å²) in [7, 11) is 0. The van der Waals surface area contributed by atoms with E-state index >= 15 is 0 Å². The van der Waals surface area contributed by atoms with E-state index in [9.17, 15) is 4.79 Å². The zero-order valence-electron chi connectivity index (χ0n) is 14.3. The summed E-state index contributed by atoms with van der Waals surface area (Å²) in [6.07, 6.45) is 0. The van der Waals surface area contributed by atoms with Crippen LogP contribution in [0, 0.1) is 0 Å². The summed E-state index contributed by atoms with van der Waals surface area (Å²) in [6.45, 7) is 2.57. The van der Waals surface area contributed by atoms with E-state index in [4.69, 9.17) is 11.6 Å². The van der Waals surface area contributed by atoms with E-state index in [1.165, 1.54) is 16.3 Å². The molecule has 4 nitrogen and oxygen atoms in total. The Hall–Kier alpha value is -2.69. The lowest BCUT2D eigenvalue weighted by Gasteiger charge is -2.16. The second-order valence-electron chi connectivity index (χ2n) is 6.35. The Morgan fingerprint density at radius 3 is 2.77 bits per heavy atom. The van der Waals surface area contributed by atoms with Gasteiger partial charge in [0.1, 0.15) is 5.82 Å². The molecule has 1 aromatic heterocycles. The highest BCUT2D eigenvalue weighted by Gasteiger charge is 2.10. The van der Waals surface area contributed by atoms with Gasteiger partial charge in [0.15, 0.2) is 0 Å². The van der Waals surface area contributed by atoms with Gasteiger partial charge in [0, 0.05) is 11.1 Å². The molecule has 1 heterocycles. The summed E-state index contributed by atoms with van der Waals surface area (Å²) < 4.78 is 0. The van der Waals surface area contributed by atoms with Gasteiger partial charge in [0.05, 0.1) is 17.4 Å². The van der Waals surface area contributed by atoms with E-state index in [0.717, 1.165) is 0 Å². The van der Waals surface area contributed by atoms with Crippen LogP contribution in [0.25, 0.3) is 21.7 Å². The van der Waals surface area contributed by atoms with Gasteiger partial charge in [-0.15, -0.1) is 0 Å². The van der Waals surface area contributed by atoms with Crippen molar-refractivity contribution in [3.05, 3.63) is 87.4 Å². The third-order valence-electron chi connectivity index (χ3n) is 4.58. The topological polar surface area (TPSA) is 57.8 Å². The van der Waals surface area contributed by atoms with Crippen molar-refractivity contribution in [1.29, 1.82) is 0 Å². The smallest absolute Gasteiger partial charge is 0.258 e. The fraction of sp³-hybridized carbons (Fsp3) is 0.143. The maximum atomic E-state index is 12.2. The van der Waals surface area contributed by atoms with Crippen molar-refractivity contribution in [2.45, 2.75) is 19.5 Å². The number of aromatic nitrogens is 2. The number of hydrogen-bond acceptors (Lipinski definition) is 3. The maximum absolute atomic E-state index is 12.2. The molecule has 0 unspecified atom stereocenters. The van der Waals surface area contributed by atoms with Crippen molar-refractivity contribution in [3.8, 4) is 0 Å². The lowest BCUT2D eigenvalue weighted by Crippen LogP contribution is -2.22. The van der Waals surface area contributed by atoms with Crippen LogP contribution in [0.15, 0.2) is 65.5 Å². The average molecular weight is 364 g/mol. The molecule has 0 spiro atoms. The van der Waals surface area contributed by atoms with Gasteiger partial charge in [0.25, 0.3) is 5.56 Å². The quantitative estimate of drug-likeness (QED) is 0.558. The number of fused-ring (bicyclic) bond motifs is 2. The predicted octanol–water partition coefficient (Wildman–Crippen LogP) is 4.58. The molecule has 0 aliphatic heterocycles. The van der Waals surface area contributed by atoms with Crippen LogP contribution in [-0.4, -0.2) is 9.97 Å². The molecule has 5 heteroatoms. The number of rotatable bonds is 4. The summed E-state index contributed by atoms with van der Waals surface area (Å²) in [6, 6.07) is 19.8. The molecule has 4 rings (SSSR count). The van der Waals surface area contributed by atoms with Crippen LogP contribution in [0.2, 0.25) is 5.02 Å². The summed E-state index contributed by atoms with van der Waals surface area (Å²) in [4.78, 5) is 19.6. The third-order valence-corrected chi connectivity index (χ3v) is 4.82. The fourth-order valence-electron chi connectivity index (χ4n) is 3.23. The number of nitrogens with one attached hydrogen (secondary N) is 2. The molecule has 2 N–H and O–H groups in total. The largest absolute Gasteiger partial charge is 0.309 e. The number of halogens is 1. The van der Waals surface area contributed by atoms with E-state index in [2.05, 4.69) is 52.5 Å². The monoisotopic (exact) mass is 363 g/mol. The van der Waals surface area contributed by atoms with Crippen LogP contribution in [-0.2, 0) is 6.54 Å². The maximum Gasteiger partial charge on any atom is 0.258 e. The van der Waals surface area contributed by atoms with Crippen LogP contribution in [0.1, 0.15) is 24.4 Å². The minimum Gasteiger partial charge on any atom is -0.309 e. The number of H-pyrrole nitrogens is 1. The SMILES string of the molecule is C[C@H](NCc1nc2cc(Cl)ccc2c(=O)[nH]1)c1cccc2ccccc12. The predicted molar refractivity (Wildman–Crippen MR) is 107 cm³/mol. The number of aromatic amines is 1. The van der Waals surface area contributed by atoms with Crippen LogP contribution >= 0.6 is 11.6 Å². The van der Waals surface area contributed by atoms with Gasteiger partial charge in [-0.25, -0.2) is 4.98 Å². The van der Waals surface area contributed by atoms with Crippen molar-refractivity contribution in [2.24, 2.45) is 0 Å². The molecule has 26 heavy (non-hydrogen) atoms. The molecule has 0 radical (unpaired) electrons. The van der Waals surface area contributed by atoms with Crippen molar-refractivity contribution in [1.82, 2.24) is 15.3 Å². The minimum atomic E-state index is -0.152. The molecule has 0 fully saturated rings. The first-order valence-electron chi connectivity index (χ1n) is 8.51. The normalized spacial score (nSPS) is 12.5. The molecule has 0 amide bonds. The van der Waals surface area contributed by atoms with E-state index in [-0.39, 0.29) is 11.6 Å². The molecule has 0 aliphatic carbocycles. The number of hydrogen-bond donors (Lipinski definition) is 2. The molecule has 0 saturated carbocycles. The van der Waals surface area contributed by atoms with Gasteiger partial charge in [-0.2, -0.15) is 0 Å². The van der Waals surface area contributed by atoms with Gasteiger partial charge in [0.2, 0.25) is 0 Å². The first-order chi connectivity index (χ1) is 12.6. The minimum absolute atomic E-state index is 0.112. The van der Waals surface area contributed by atoms with Gasteiger partial charge < -0.3 is 10.3 Å².